The summed E-state index contributed by atoms with van der Waals surface area (Å²) in [6.07, 6.45) is 2.20. The van der Waals surface area contributed by atoms with Gasteiger partial charge in [0.25, 0.3) is 11.8 Å². The number of halogens is 2. The molecule has 4 amide bonds. The van der Waals surface area contributed by atoms with Crippen LogP contribution in [0.5, 0.6) is 23.0 Å². The molecule has 1 aliphatic rings. The van der Waals surface area contributed by atoms with Gasteiger partial charge in [-0.2, -0.15) is 0 Å². The molecule has 0 aromatic heterocycles. The summed E-state index contributed by atoms with van der Waals surface area (Å²) < 4.78 is 22.4. The third kappa shape index (κ3) is 5.07. The van der Waals surface area contributed by atoms with Crippen LogP contribution in [0, 0.1) is 3.57 Å². The van der Waals surface area contributed by atoms with Crippen LogP contribution in [0.2, 0.25) is 5.02 Å². The van der Waals surface area contributed by atoms with Gasteiger partial charge in [0.15, 0.2) is 11.5 Å². The highest BCUT2D eigenvalue weighted by molar-refractivity contribution is 14.1. The van der Waals surface area contributed by atoms with Crippen molar-refractivity contribution in [2.24, 2.45) is 0 Å². The standard InChI is InChI=1S/C23H22ClIN2O7/c1-5-6-34-20-15(25)8-12(9-19(20)33-4)7-13-21(28)26-23(30)27(22(13)29)16-11-17(31-2)14(24)10-18(16)32-3/h7-11H,5-6H2,1-4H3,(H,26,28,30)/b13-7+. The number of amides is 4. The van der Waals surface area contributed by atoms with Gasteiger partial charge in [0.1, 0.15) is 17.1 Å². The summed E-state index contributed by atoms with van der Waals surface area (Å²) in [4.78, 5) is 39.4. The van der Waals surface area contributed by atoms with Crippen molar-refractivity contribution in [3.05, 3.63) is 44.0 Å². The summed E-state index contributed by atoms with van der Waals surface area (Å²) in [6, 6.07) is 5.27. The second kappa shape index (κ2) is 11.0. The van der Waals surface area contributed by atoms with Gasteiger partial charge in [-0.1, -0.05) is 18.5 Å². The predicted molar refractivity (Wildman–Crippen MR) is 135 cm³/mol. The van der Waals surface area contributed by atoms with E-state index in [1.54, 1.807) is 12.1 Å². The van der Waals surface area contributed by atoms with Crippen molar-refractivity contribution in [1.82, 2.24) is 5.32 Å². The van der Waals surface area contributed by atoms with Crippen LogP contribution in [-0.4, -0.2) is 45.8 Å². The number of imide groups is 2. The molecule has 180 valence electrons. The van der Waals surface area contributed by atoms with Crippen LogP contribution in [0.15, 0.2) is 29.8 Å². The number of carbonyl (C=O) groups is 3. The SMILES string of the molecule is CCCOc1c(I)cc(/C=C2\C(=O)NC(=O)N(c3cc(OC)c(Cl)cc3OC)C2=O)cc1OC. The number of ether oxygens (including phenoxy) is 4. The number of methoxy groups -OCH3 is 3. The Morgan fingerprint density at radius 2 is 1.68 bits per heavy atom. The van der Waals surface area contributed by atoms with Crippen molar-refractivity contribution >= 4 is 63.8 Å². The minimum absolute atomic E-state index is 0.0696. The van der Waals surface area contributed by atoms with E-state index in [1.807, 2.05) is 6.92 Å². The van der Waals surface area contributed by atoms with E-state index in [9.17, 15) is 14.4 Å². The normalized spacial score (nSPS) is 14.8. The van der Waals surface area contributed by atoms with Crippen molar-refractivity contribution in [3.63, 3.8) is 0 Å². The highest BCUT2D eigenvalue weighted by Gasteiger charge is 2.38. The van der Waals surface area contributed by atoms with E-state index in [-0.39, 0.29) is 27.8 Å². The Balaban J connectivity index is 2.08. The lowest BCUT2D eigenvalue weighted by molar-refractivity contribution is -0.122. The van der Waals surface area contributed by atoms with Crippen LogP contribution in [0.4, 0.5) is 10.5 Å². The van der Waals surface area contributed by atoms with Gasteiger partial charge in [0.05, 0.1) is 42.2 Å². The molecule has 1 saturated heterocycles. The summed E-state index contributed by atoms with van der Waals surface area (Å²) in [5.74, 6) is -0.267. The van der Waals surface area contributed by atoms with Crippen molar-refractivity contribution < 1.29 is 33.3 Å². The maximum atomic E-state index is 13.3. The molecule has 0 bridgehead atoms. The van der Waals surface area contributed by atoms with E-state index in [2.05, 4.69) is 27.9 Å². The number of carbonyl (C=O) groups excluding carboxylic acids is 3. The van der Waals surface area contributed by atoms with E-state index < -0.39 is 17.8 Å². The highest BCUT2D eigenvalue weighted by atomic mass is 127. The lowest BCUT2D eigenvalue weighted by atomic mass is 10.1. The van der Waals surface area contributed by atoms with Gasteiger partial charge in [-0.3, -0.25) is 14.9 Å². The Morgan fingerprint density at radius 3 is 2.29 bits per heavy atom. The molecule has 3 rings (SSSR count). The fourth-order valence-electron chi connectivity index (χ4n) is 3.23. The van der Waals surface area contributed by atoms with Crippen LogP contribution in [0.25, 0.3) is 6.08 Å². The minimum atomic E-state index is -0.926. The molecule has 1 fully saturated rings. The van der Waals surface area contributed by atoms with Crippen LogP contribution < -0.4 is 29.2 Å². The quantitative estimate of drug-likeness (QED) is 0.272. The molecule has 0 radical (unpaired) electrons. The average molecular weight is 601 g/mol. The number of hydrogen-bond acceptors (Lipinski definition) is 7. The molecule has 34 heavy (non-hydrogen) atoms. The summed E-state index contributed by atoms with van der Waals surface area (Å²) in [5, 5.41) is 2.41. The number of anilines is 1. The zero-order valence-electron chi connectivity index (χ0n) is 18.9. The Hall–Kier alpha value is -2.99. The van der Waals surface area contributed by atoms with Gasteiger partial charge in [-0.15, -0.1) is 0 Å². The zero-order chi connectivity index (χ0) is 25.0. The van der Waals surface area contributed by atoms with Crippen molar-refractivity contribution in [2.45, 2.75) is 13.3 Å². The summed E-state index contributed by atoms with van der Waals surface area (Å²) in [6.45, 7) is 2.50. The van der Waals surface area contributed by atoms with E-state index in [4.69, 9.17) is 30.5 Å². The Morgan fingerprint density at radius 1 is 1.00 bits per heavy atom. The molecule has 0 spiro atoms. The van der Waals surface area contributed by atoms with Crippen LogP contribution >= 0.6 is 34.2 Å². The number of rotatable bonds is 8. The lowest BCUT2D eigenvalue weighted by Crippen LogP contribution is -2.54. The van der Waals surface area contributed by atoms with Gasteiger partial charge < -0.3 is 18.9 Å². The van der Waals surface area contributed by atoms with Crippen molar-refractivity contribution in [2.75, 3.05) is 32.8 Å². The monoisotopic (exact) mass is 600 g/mol. The number of nitrogens with one attached hydrogen (secondary N) is 1. The maximum Gasteiger partial charge on any atom is 0.336 e. The Labute approximate surface area is 215 Å². The van der Waals surface area contributed by atoms with Crippen LogP contribution in [0.1, 0.15) is 18.9 Å². The molecule has 11 heteroatoms. The first kappa shape index (κ1) is 25.6. The lowest BCUT2D eigenvalue weighted by Gasteiger charge is -2.28. The third-order valence-corrected chi connectivity index (χ3v) is 5.91. The van der Waals surface area contributed by atoms with E-state index >= 15 is 0 Å². The first-order valence-electron chi connectivity index (χ1n) is 10.1. The first-order chi connectivity index (χ1) is 16.2. The number of barbiturate groups is 1. The average Bonchev–Trinajstić information content (AvgIpc) is 2.81. The summed E-state index contributed by atoms with van der Waals surface area (Å²) in [5.41, 5.74) is 0.328. The third-order valence-electron chi connectivity index (χ3n) is 4.81. The van der Waals surface area contributed by atoms with Crippen molar-refractivity contribution in [3.8, 4) is 23.0 Å². The van der Waals surface area contributed by atoms with Gasteiger partial charge in [0.2, 0.25) is 0 Å². The van der Waals surface area contributed by atoms with Gasteiger partial charge >= 0.3 is 6.03 Å². The van der Waals surface area contributed by atoms with Gasteiger partial charge in [-0.05, 0) is 52.8 Å². The molecule has 2 aromatic rings. The molecule has 0 atom stereocenters. The van der Waals surface area contributed by atoms with Crippen molar-refractivity contribution in [1.29, 1.82) is 0 Å². The maximum absolute atomic E-state index is 13.3. The fraction of sp³-hybridized carbons (Fsp3) is 0.261. The second-order valence-corrected chi connectivity index (χ2v) is 8.57. The number of nitrogens with zero attached hydrogens (tertiary/aromatic N) is 1. The molecular formula is C23H22ClIN2O7. The fourth-order valence-corrected chi connectivity index (χ4v) is 4.24. The van der Waals surface area contributed by atoms with Crippen LogP contribution in [0.3, 0.4) is 0 Å². The van der Waals surface area contributed by atoms with Gasteiger partial charge in [-0.25, -0.2) is 9.69 Å². The highest BCUT2D eigenvalue weighted by Crippen LogP contribution is 2.40. The zero-order valence-corrected chi connectivity index (χ0v) is 21.8. The summed E-state index contributed by atoms with van der Waals surface area (Å²) in [7, 11) is 4.26. The molecule has 1 N–H and O–H groups in total. The predicted octanol–water partition coefficient (Wildman–Crippen LogP) is 4.43. The number of benzene rings is 2. The Bertz CT molecular complexity index is 1180. The Kier molecular flexibility index (Phi) is 8.26. The largest absolute Gasteiger partial charge is 0.495 e. The van der Waals surface area contributed by atoms with E-state index in [0.29, 0.717) is 23.7 Å². The molecule has 2 aromatic carbocycles. The van der Waals surface area contributed by atoms with E-state index in [0.717, 1.165) is 14.9 Å². The molecule has 1 aliphatic heterocycles. The number of urea groups is 1. The molecule has 0 aliphatic carbocycles. The van der Waals surface area contributed by atoms with Gasteiger partial charge in [0, 0.05) is 12.1 Å². The molecule has 1 heterocycles. The molecule has 9 nitrogen and oxygen atoms in total. The smallest absolute Gasteiger partial charge is 0.336 e. The molecule has 0 saturated carbocycles. The summed E-state index contributed by atoms with van der Waals surface area (Å²) >= 11 is 8.23. The first-order valence-corrected chi connectivity index (χ1v) is 11.5. The van der Waals surface area contributed by atoms with Crippen LogP contribution in [-0.2, 0) is 9.59 Å². The molecule has 0 unspecified atom stereocenters. The number of hydrogen-bond donors (Lipinski definition) is 1. The topological polar surface area (TPSA) is 103 Å². The minimum Gasteiger partial charge on any atom is -0.495 e. The van der Waals surface area contributed by atoms with E-state index in [1.165, 1.54) is 39.5 Å². The molecular weight excluding hydrogens is 579 g/mol. The second-order valence-electron chi connectivity index (χ2n) is 7.00.